The molecular formula is C14H24N4O. The molecule has 19 heavy (non-hydrogen) atoms. The molecule has 0 spiro atoms. The zero-order valence-corrected chi connectivity index (χ0v) is 11.7. The number of hydrogen-bond acceptors (Lipinski definition) is 4. The van der Waals surface area contributed by atoms with Gasteiger partial charge >= 0.3 is 0 Å². The van der Waals surface area contributed by atoms with Gasteiger partial charge in [-0.25, -0.2) is 4.98 Å². The average molecular weight is 264 g/mol. The molecule has 5 nitrogen and oxygen atoms in total. The van der Waals surface area contributed by atoms with E-state index in [-0.39, 0.29) is 0 Å². The second-order valence-corrected chi connectivity index (χ2v) is 5.56. The van der Waals surface area contributed by atoms with Crippen LogP contribution >= 0.6 is 0 Å². The third kappa shape index (κ3) is 2.68. The predicted molar refractivity (Wildman–Crippen MR) is 74.1 cm³/mol. The maximum atomic E-state index is 5.06. The summed E-state index contributed by atoms with van der Waals surface area (Å²) in [5.74, 6) is 0. The van der Waals surface area contributed by atoms with Crippen molar-refractivity contribution in [1.29, 1.82) is 0 Å². The Morgan fingerprint density at radius 1 is 1.37 bits per heavy atom. The van der Waals surface area contributed by atoms with E-state index in [2.05, 4.69) is 19.8 Å². The topological polar surface area (TPSA) is 42.3 Å². The number of methoxy groups -OCH3 is 1. The van der Waals surface area contributed by atoms with Crippen LogP contribution in [0.1, 0.15) is 31.0 Å². The molecule has 2 atom stereocenters. The summed E-state index contributed by atoms with van der Waals surface area (Å²) in [6.45, 7) is 5.07. The highest BCUT2D eigenvalue weighted by Crippen LogP contribution is 2.36. The van der Waals surface area contributed by atoms with E-state index in [1.54, 1.807) is 7.11 Å². The normalized spacial score (nSPS) is 27.0. The lowest BCUT2D eigenvalue weighted by atomic mass is 10.1. The summed E-state index contributed by atoms with van der Waals surface area (Å²) < 4.78 is 7.46. The smallest absolute Gasteiger partial charge is 0.0951 e. The van der Waals surface area contributed by atoms with Crippen molar-refractivity contribution in [2.75, 3.05) is 33.4 Å². The van der Waals surface area contributed by atoms with Crippen molar-refractivity contribution >= 4 is 0 Å². The van der Waals surface area contributed by atoms with Crippen molar-refractivity contribution in [3.63, 3.8) is 0 Å². The Labute approximate surface area is 114 Å². The van der Waals surface area contributed by atoms with Crippen LogP contribution in [-0.4, -0.2) is 53.8 Å². The van der Waals surface area contributed by atoms with Gasteiger partial charge in [0, 0.05) is 39.0 Å². The zero-order valence-electron chi connectivity index (χ0n) is 11.7. The highest BCUT2D eigenvalue weighted by Gasteiger charge is 2.38. The van der Waals surface area contributed by atoms with Gasteiger partial charge < -0.3 is 14.6 Å². The van der Waals surface area contributed by atoms with Crippen molar-refractivity contribution in [2.24, 2.45) is 0 Å². The first-order valence-corrected chi connectivity index (χ1v) is 7.34. The number of nitrogens with zero attached hydrogens (tertiary/aromatic N) is 3. The van der Waals surface area contributed by atoms with Crippen LogP contribution in [0.3, 0.4) is 0 Å². The third-order valence-electron chi connectivity index (χ3n) is 4.46. The van der Waals surface area contributed by atoms with Crippen LogP contribution in [0.15, 0.2) is 12.5 Å². The molecule has 1 N–H and O–H groups in total. The molecule has 2 aliphatic rings. The molecule has 106 valence electrons. The van der Waals surface area contributed by atoms with Crippen molar-refractivity contribution in [3.8, 4) is 0 Å². The molecule has 0 amide bonds. The quantitative estimate of drug-likeness (QED) is 0.779. The van der Waals surface area contributed by atoms with E-state index in [9.17, 15) is 0 Å². The van der Waals surface area contributed by atoms with E-state index < -0.39 is 0 Å². The molecule has 1 aromatic heterocycles. The predicted octanol–water partition coefficient (Wildman–Crippen LogP) is 1.03. The molecule has 2 fully saturated rings. The SMILES string of the molecule is COCCNCc1cncn1C1CCN2CCCC12. The number of fused-ring (bicyclic) bond motifs is 1. The first-order valence-electron chi connectivity index (χ1n) is 7.34. The summed E-state index contributed by atoms with van der Waals surface area (Å²) in [4.78, 5) is 7.00. The average Bonchev–Trinajstić information content (AvgIpc) is 3.10. The lowest BCUT2D eigenvalue weighted by Gasteiger charge is -2.23. The zero-order chi connectivity index (χ0) is 13.1. The van der Waals surface area contributed by atoms with Crippen molar-refractivity contribution < 1.29 is 4.74 Å². The Kier molecular flexibility index (Phi) is 4.15. The van der Waals surface area contributed by atoms with Crippen LogP contribution in [0, 0.1) is 0 Å². The fourth-order valence-electron chi connectivity index (χ4n) is 3.54. The first kappa shape index (κ1) is 13.1. The minimum absolute atomic E-state index is 0.629. The lowest BCUT2D eigenvalue weighted by Crippen LogP contribution is -2.29. The molecular weight excluding hydrogens is 240 g/mol. The monoisotopic (exact) mass is 264 g/mol. The largest absolute Gasteiger partial charge is 0.383 e. The van der Waals surface area contributed by atoms with Crippen LogP contribution in [0.4, 0.5) is 0 Å². The molecule has 1 aromatic rings. The minimum Gasteiger partial charge on any atom is -0.383 e. The van der Waals surface area contributed by atoms with Gasteiger partial charge in [-0.3, -0.25) is 4.90 Å². The van der Waals surface area contributed by atoms with Crippen molar-refractivity contribution in [2.45, 2.75) is 37.9 Å². The maximum Gasteiger partial charge on any atom is 0.0951 e. The number of aromatic nitrogens is 2. The molecule has 0 aliphatic carbocycles. The molecule has 3 heterocycles. The number of hydrogen-bond donors (Lipinski definition) is 1. The van der Waals surface area contributed by atoms with Crippen LogP contribution in [0.25, 0.3) is 0 Å². The van der Waals surface area contributed by atoms with Gasteiger partial charge in [0.1, 0.15) is 0 Å². The summed E-state index contributed by atoms with van der Waals surface area (Å²) in [7, 11) is 1.74. The minimum atomic E-state index is 0.629. The second kappa shape index (κ2) is 6.03. The van der Waals surface area contributed by atoms with Crippen LogP contribution < -0.4 is 5.32 Å². The number of ether oxygens (including phenoxy) is 1. The van der Waals surface area contributed by atoms with Gasteiger partial charge in [0.05, 0.1) is 24.7 Å². The first-order chi connectivity index (χ1) is 9.40. The van der Waals surface area contributed by atoms with Gasteiger partial charge in [-0.15, -0.1) is 0 Å². The summed E-state index contributed by atoms with van der Waals surface area (Å²) >= 11 is 0. The van der Waals surface area contributed by atoms with E-state index in [4.69, 9.17) is 4.74 Å². The Balaban J connectivity index is 1.63. The summed E-state index contributed by atoms with van der Waals surface area (Å²) in [5.41, 5.74) is 1.30. The van der Waals surface area contributed by atoms with Gasteiger partial charge in [0.25, 0.3) is 0 Å². The molecule has 0 saturated carbocycles. The summed E-state index contributed by atoms with van der Waals surface area (Å²) in [6, 6.07) is 1.37. The lowest BCUT2D eigenvalue weighted by molar-refractivity contribution is 0.198. The van der Waals surface area contributed by atoms with Crippen LogP contribution in [0.5, 0.6) is 0 Å². The van der Waals surface area contributed by atoms with Gasteiger partial charge in [0.2, 0.25) is 0 Å². The fourth-order valence-corrected chi connectivity index (χ4v) is 3.54. The molecule has 2 aliphatic heterocycles. The Morgan fingerprint density at radius 3 is 3.21 bits per heavy atom. The van der Waals surface area contributed by atoms with Gasteiger partial charge in [-0.1, -0.05) is 0 Å². The second-order valence-electron chi connectivity index (χ2n) is 5.56. The molecule has 2 saturated heterocycles. The van der Waals surface area contributed by atoms with E-state index in [0.29, 0.717) is 6.04 Å². The Morgan fingerprint density at radius 2 is 2.32 bits per heavy atom. The van der Waals surface area contributed by atoms with Crippen LogP contribution in [0.2, 0.25) is 0 Å². The standard InChI is InChI=1S/C14H24N4O/c1-19-8-5-15-9-12-10-16-11-18(12)14-4-7-17-6-2-3-13(14)17/h10-11,13-15H,2-9H2,1H3. The molecule has 0 radical (unpaired) electrons. The van der Waals surface area contributed by atoms with E-state index in [1.165, 1.54) is 38.0 Å². The van der Waals surface area contributed by atoms with Crippen LogP contribution in [-0.2, 0) is 11.3 Å². The highest BCUT2D eigenvalue weighted by atomic mass is 16.5. The fraction of sp³-hybridized carbons (Fsp3) is 0.786. The van der Waals surface area contributed by atoms with E-state index in [1.807, 2.05) is 12.5 Å². The highest BCUT2D eigenvalue weighted by molar-refractivity contribution is 5.05. The Hall–Kier alpha value is -0.910. The van der Waals surface area contributed by atoms with Gasteiger partial charge in [-0.2, -0.15) is 0 Å². The van der Waals surface area contributed by atoms with Gasteiger partial charge in [0.15, 0.2) is 0 Å². The molecule has 2 unspecified atom stereocenters. The molecule has 0 bridgehead atoms. The maximum absolute atomic E-state index is 5.06. The molecule has 0 aromatic carbocycles. The van der Waals surface area contributed by atoms with E-state index in [0.717, 1.165) is 25.7 Å². The number of nitrogens with one attached hydrogen (secondary N) is 1. The van der Waals surface area contributed by atoms with Crippen molar-refractivity contribution in [1.82, 2.24) is 19.8 Å². The molecule has 5 heteroatoms. The number of rotatable bonds is 6. The van der Waals surface area contributed by atoms with Gasteiger partial charge in [-0.05, 0) is 25.8 Å². The van der Waals surface area contributed by atoms with E-state index >= 15 is 0 Å². The molecule has 3 rings (SSSR count). The van der Waals surface area contributed by atoms with Crippen molar-refractivity contribution in [3.05, 3.63) is 18.2 Å². The summed E-state index contributed by atoms with van der Waals surface area (Å²) in [6.07, 6.45) is 7.99. The third-order valence-corrected chi connectivity index (χ3v) is 4.46. The Bertz CT molecular complexity index is 406. The number of imidazole rings is 1. The summed E-state index contributed by atoms with van der Waals surface area (Å²) in [5, 5.41) is 3.41.